The Bertz CT molecular complexity index is 1130. The van der Waals surface area contributed by atoms with Gasteiger partial charge in [0.1, 0.15) is 6.61 Å². The van der Waals surface area contributed by atoms with E-state index >= 15 is 0 Å². The van der Waals surface area contributed by atoms with Crippen LogP contribution in [0.1, 0.15) is 6.42 Å². The van der Waals surface area contributed by atoms with Gasteiger partial charge in [-0.05, 0) is 0 Å². The summed E-state index contributed by atoms with van der Waals surface area (Å²) in [5, 5.41) is 8.22. The summed E-state index contributed by atoms with van der Waals surface area (Å²) in [5.74, 6) is -4.41. The van der Waals surface area contributed by atoms with Gasteiger partial charge in [-0.2, -0.15) is 79.0 Å². The van der Waals surface area contributed by atoms with Gasteiger partial charge in [0.05, 0.1) is 0 Å². The number of halogens is 24. The first-order chi connectivity index (χ1) is 20.6. The van der Waals surface area contributed by atoms with Crippen LogP contribution in [0.4, 0.5) is 105 Å². The smallest absolute Gasteiger partial charge is 0.434 e. The lowest BCUT2D eigenvalue weighted by molar-refractivity contribution is -0.384. The summed E-state index contributed by atoms with van der Waals surface area (Å²) in [6, 6.07) is 0. The number of carbonyl (C=O) groups is 2. The molecule has 284 valence electrons. The normalized spacial score (nSPS) is 17.9. The van der Waals surface area contributed by atoms with E-state index in [1.807, 2.05) is 0 Å². The molecular weight excluding hydrogens is 760 g/mol. The number of carboxylic acids is 1. The number of aliphatic carboxylic acids is 1. The molecule has 0 fully saturated rings. The van der Waals surface area contributed by atoms with Crippen molar-refractivity contribution >= 4 is 11.9 Å². The van der Waals surface area contributed by atoms with Crippen molar-refractivity contribution in [2.45, 2.75) is 78.5 Å². The minimum absolute atomic E-state index is 0.0558. The van der Waals surface area contributed by atoms with Gasteiger partial charge in [-0.15, -0.1) is 0 Å². The van der Waals surface area contributed by atoms with E-state index in [1.54, 1.807) is 0 Å². The number of ether oxygens (including phenoxy) is 1. The van der Waals surface area contributed by atoms with Crippen LogP contribution in [-0.4, -0.2) is 95.7 Å². The Morgan fingerprint density at radius 3 is 1.04 bits per heavy atom. The zero-order chi connectivity index (χ0) is 39.7. The van der Waals surface area contributed by atoms with E-state index in [0.29, 0.717) is 0 Å². The molecule has 4 atom stereocenters. The molecule has 0 aliphatic rings. The monoisotopic (exact) mass is 772 g/mol. The molecule has 0 aliphatic carbocycles. The number of alkyl halides is 24. The standard InChI is InChI=1S/2C10H6F12O2/c1-3(4(23)24)2-6(12,8(14,15)16)5(11)7(13,9(17,18)19)10(20,21)22;1-2-4(23)24-3-6(12,8(14,15)16)5(11)7(13,9(17,18)19)10(20,21)22/h5H,1-2H2,(H,23,24);2,5H,1,3H2. The second kappa shape index (κ2) is 13.9. The van der Waals surface area contributed by atoms with Crippen LogP contribution in [0, 0.1) is 0 Å². The molecule has 0 saturated carbocycles. The summed E-state index contributed by atoms with van der Waals surface area (Å²) < 4.78 is 306. The van der Waals surface area contributed by atoms with Crippen molar-refractivity contribution in [3.63, 3.8) is 0 Å². The summed E-state index contributed by atoms with van der Waals surface area (Å²) >= 11 is 0. The Labute approximate surface area is 248 Å². The minimum Gasteiger partial charge on any atom is -0.478 e. The predicted molar refractivity (Wildman–Crippen MR) is 104 cm³/mol. The predicted octanol–water partition coefficient (Wildman–Crippen LogP) is 8.62. The molecule has 0 bridgehead atoms. The molecule has 4 nitrogen and oxygen atoms in total. The van der Waals surface area contributed by atoms with E-state index in [4.69, 9.17) is 5.11 Å². The SMILES string of the molecule is C=C(CC(F)(C(F)C(F)(C(F)(F)F)C(F)(F)F)C(F)(F)F)C(=O)O.C=CC(=O)OCC(F)(C(F)C(F)(C(F)(F)F)C(F)(F)F)C(F)(F)F. The number of carbonyl (C=O) groups excluding carboxylic acids is 1. The lowest BCUT2D eigenvalue weighted by Gasteiger charge is -2.39. The zero-order valence-electron chi connectivity index (χ0n) is 21.8. The first-order valence-electron chi connectivity index (χ1n) is 10.7. The Balaban J connectivity index is 0. The summed E-state index contributed by atoms with van der Waals surface area (Å²) in [5.41, 5.74) is -28.7. The maximum atomic E-state index is 13.8. The summed E-state index contributed by atoms with van der Waals surface area (Å²) in [6.45, 7) is 1.84. The van der Waals surface area contributed by atoms with Crippen LogP contribution in [0.3, 0.4) is 0 Å². The van der Waals surface area contributed by atoms with Crippen LogP contribution < -0.4 is 0 Å². The van der Waals surface area contributed by atoms with Crippen LogP contribution in [-0.2, 0) is 14.3 Å². The van der Waals surface area contributed by atoms with Crippen molar-refractivity contribution in [2.24, 2.45) is 0 Å². The highest BCUT2D eigenvalue weighted by Crippen LogP contribution is 2.57. The van der Waals surface area contributed by atoms with Gasteiger partial charge in [-0.25, -0.2) is 35.9 Å². The Morgan fingerprint density at radius 2 is 0.833 bits per heavy atom. The average molecular weight is 772 g/mol. The van der Waals surface area contributed by atoms with Gasteiger partial charge in [-0.3, -0.25) is 0 Å². The van der Waals surface area contributed by atoms with E-state index in [2.05, 4.69) is 17.9 Å². The van der Waals surface area contributed by atoms with Crippen molar-refractivity contribution in [3.05, 3.63) is 24.8 Å². The first kappa shape index (κ1) is 46.9. The molecule has 0 heterocycles. The fraction of sp³-hybridized carbons (Fsp3) is 0.700. The quantitative estimate of drug-likeness (QED) is 0.137. The molecule has 0 aliphatic heterocycles. The first-order valence-corrected chi connectivity index (χ1v) is 10.7. The Morgan fingerprint density at radius 1 is 0.562 bits per heavy atom. The van der Waals surface area contributed by atoms with E-state index in [9.17, 15) is 115 Å². The summed E-state index contributed by atoms with van der Waals surface area (Å²) in [6.07, 6.45) is -57.5. The van der Waals surface area contributed by atoms with Gasteiger partial charge in [0.25, 0.3) is 5.67 Å². The van der Waals surface area contributed by atoms with Gasteiger partial charge < -0.3 is 9.84 Å². The van der Waals surface area contributed by atoms with Crippen LogP contribution >= 0.6 is 0 Å². The number of hydrogen-bond acceptors (Lipinski definition) is 3. The van der Waals surface area contributed by atoms with Gasteiger partial charge in [0, 0.05) is 18.1 Å². The van der Waals surface area contributed by atoms with Crippen LogP contribution in [0.25, 0.3) is 0 Å². The maximum Gasteiger partial charge on any atom is 0.434 e. The summed E-state index contributed by atoms with van der Waals surface area (Å²) in [4.78, 5) is 20.8. The van der Waals surface area contributed by atoms with Crippen LogP contribution in [0.2, 0.25) is 0 Å². The van der Waals surface area contributed by atoms with E-state index in [-0.39, 0.29) is 6.08 Å². The Kier molecular flexibility index (Phi) is 13.6. The molecule has 0 rings (SSSR count). The zero-order valence-corrected chi connectivity index (χ0v) is 21.8. The van der Waals surface area contributed by atoms with Gasteiger partial charge >= 0.3 is 60.3 Å². The van der Waals surface area contributed by atoms with E-state index in [1.165, 1.54) is 0 Å². The van der Waals surface area contributed by atoms with Crippen molar-refractivity contribution < 1.29 is 125 Å². The number of esters is 1. The molecule has 0 aromatic heterocycles. The molecule has 0 aromatic carbocycles. The molecule has 1 N–H and O–H groups in total. The van der Waals surface area contributed by atoms with Gasteiger partial charge in [0.15, 0.2) is 12.3 Å². The second-order valence-corrected chi connectivity index (χ2v) is 8.76. The molecule has 4 unspecified atom stereocenters. The second-order valence-electron chi connectivity index (χ2n) is 8.76. The van der Waals surface area contributed by atoms with E-state index in [0.717, 1.165) is 0 Å². The van der Waals surface area contributed by atoms with Crippen molar-refractivity contribution in [1.29, 1.82) is 0 Å². The average Bonchev–Trinajstić information content (AvgIpc) is 2.85. The largest absolute Gasteiger partial charge is 0.478 e. The molecular formula is C20H12F24O4. The number of carboxylic acid groups (broad SMARTS) is 1. The highest BCUT2D eigenvalue weighted by molar-refractivity contribution is 5.86. The fourth-order valence-corrected chi connectivity index (χ4v) is 2.78. The minimum atomic E-state index is -7.32. The highest BCUT2D eigenvalue weighted by atomic mass is 19.4. The van der Waals surface area contributed by atoms with Crippen molar-refractivity contribution in [3.8, 4) is 0 Å². The lowest BCUT2D eigenvalue weighted by Crippen LogP contribution is -2.69. The third-order valence-electron chi connectivity index (χ3n) is 5.46. The van der Waals surface area contributed by atoms with E-state index < -0.39 is 103 Å². The lowest BCUT2D eigenvalue weighted by atomic mass is 9.81. The summed E-state index contributed by atoms with van der Waals surface area (Å²) in [7, 11) is 0. The number of hydrogen-bond donors (Lipinski definition) is 1. The third-order valence-corrected chi connectivity index (χ3v) is 5.46. The molecule has 0 aromatic rings. The molecule has 0 radical (unpaired) electrons. The third kappa shape index (κ3) is 8.85. The highest BCUT2D eigenvalue weighted by Gasteiger charge is 2.85. The molecule has 0 amide bonds. The number of rotatable bonds is 10. The molecule has 28 heteroatoms. The molecule has 48 heavy (non-hydrogen) atoms. The van der Waals surface area contributed by atoms with Crippen LogP contribution in [0.5, 0.6) is 0 Å². The maximum absolute atomic E-state index is 13.8. The van der Waals surface area contributed by atoms with Crippen molar-refractivity contribution in [2.75, 3.05) is 6.61 Å². The topological polar surface area (TPSA) is 63.6 Å². The van der Waals surface area contributed by atoms with Gasteiger partial charge in [-0.1, -0.05) is 13.2 Å². The Hall–Kier alpha value is -3.26. The van der Waals surface area contributed by atoms with Crippen LogP contribution in [0.15, 0.2) is 24.8 Å². The fourth-order valence-electron chi connectivity index (χ4n) is 2.78. The molecule has 0 saturated heterocycles. The molecule has 0 spiro atoms. The van der Waals surface area contributed by atoms with Crippen molar-refractivity contribution in [1.82, 2.24) is 0 Å². The van der Waals surface area contributed by atoms with Gasteiger partial charge in [0.2, 0.25) is 5.67 Å².